The molecule has 4 N–H and O–H groups in total. The smallest absolute Gasteiger partial charge is 0.324 e. The van der Waals surface area contributed by atoms with Crippen LogP contribution in [-0.2, 0) is 9.63 Å². The van der Waals surface area contributed by atoms with Crippen molar-refractivity contribution in [2.75, 3.05) is 6.61 Å². The molecule has 0 aliphatic carbocycles. The van der Waals surface area contributed by atoms with E-state index in [1.54, 1.807) is 0 Å². The zero-order chi connectivity index (χ0) is 7.28. The SMILES string of the molecule is N=NOCC(N)C(=O)O. The van der Waals surface area contributed by atoms with E-state index < -0.39 is 12.0 Å². The van der Waals surface area contributed by atoms with E-state index in [-0.39, 0.29) is 6.61 Å². The number of hydrogen-bond acceptors (Lipinski definition) is 5. The molecule has 0 rings (SSSR count). The highest BCUT2D eigenvalue weighted by Crippen LogP contribution is 1.80. The first-order valence-electron chi connectivity index (χ1n) is 2.15. The third-order valence-electron chi connectivity index (χ3n) is 0.636. The Bertz CT molecular complexity index is 115. The molecule has 6 nitrogen and oxygen atoms in total. The molecule has 0 saturated heterocycles. The number of carboxylic acids is 1. The van der Waals surface area contributed by atoms with E-state index in [1.807, 2.05) is 0 Å². The largest absolute Gasteiger partial charge is 0.480 e. The Morgan fingerprint density at radius 2 is 2.56 bits per heavy atom. The van der Waals surface area contributed by atoms with Gasteiger partial charge in [0.15, 0.2) is 0 Å². The lowest BCUT2D eigenvalue weighted by Crippen LogP contribution is -2.34. The molecule has 0 fully saturated rings. The second-order valence-corrected chi connectivity index (χ2v) is 1.33. The number of nitrogens with zero attached hydrogens (tertiary/aromatic N) is 1. The lowest BCUT2D eigenvalue weighted by atomic mass is 10.3. The number of carboxylic acid groups (broad SMARTS) is 1. The van der Waals surface area contributed by atoms with E-state index in [9.17, 15) is 4.79 Å². The summed E-state index contributed by atoms with van der Waals surface area (Å²) in [5, 5.41) is 10.6. The molecule has 0 amide bonds. The molecule has 9 heavy (non-hydrogen) atoms. The molecule has 0 bridgehead atoms. The molecule has 0 aromatic carbocycles. The van der Waals surface area contributed by atoms with Crippen LogP contribution in [0.3, 0.4) is 0 Å². The number of nitrogens with two attached hydrogens (primary N) is 1. The van der Waals surface area contributed by atoms with Crippen LogP contribution >= 0.6 is 0 Å². The van der Waals surface area contributed by atoms with Crippen molar-refractivity contribution in [1.29, 1.82) is 5.53 Å². The van der Waals surface area contributed by atoms with Gasteiger partial charge in [-0.2, -0.15) is 5.53 Å². The molecule has 1 atom stereocenters. The summed E-state index contributed by atoms with van der Waals surface area (Å²) in [6.07, 6.45) is 0. The van der Waals surface area contributed by atoms with Crippen molar-refractivity contribution >= 4 is 5.97 Å². The average molecular weight is 133 g/mol. The van der Waals surface area contributed by atoms with Crippen LogP contribution in [0.1, 0.15) is 0 Å². The Morgan fingerprint density at radius 1 is 2.00 bits per heavy atom. The lowest BCUT2D eigenvalue weighted by molar-refractivity contribution is -0.140. The minimum Gasteiger partial charge on any atom is -0.480 e. The molecule has 0 spiro atoms. The van der Waals surface area contributed by atoms with Gasteiger partial charge in [-0.05, 0) is 0 Å². The summed E-state index contributed by atoms with van der Waals surface area (Å²) in [7, 11) is 0. The fourth-order valence-electron chi connectivity index (χ4n) is 0.189. The molecule has 0 aliphatic heterocycles. The molecule has 0 aromatic rings. The van der Waals surface area contributed by atoms with E-state index in [2.05, 4.69) is 10.1 Å². The monoisotopic (exact) mass is 133 g/mol. The average Bonchev–Trinajstić information content (AvgIpc) is 1.82. The van der Waals surface area contributed by atoms with Crippen LogP contribution in [0.4, 0.5) is 0 Å². The first-order chi connectivity index (χ1) is 4.18. The zero-order valence-electron chi connectivity index (χ0n) is 4.57. The number of rotatable bonds is 4. The van der Waals surface area contributed by atoms with Crippen LogP contribution in [0.5, 0.6) is 0 Å². The summed E-state index contributed by atoms with van der Waals surface area (Å²) in [5.74, 6) is -1.17. The fraction of sp³-hybridized carbons (Fsp3) is 0.667. The van der Waals surface area contributed by atoms with Crippen LogP contribution in [-0.4, -0.2) is 23.7 Å². The van der Waals surface area contributed by atoms with Crippen molar-refractivity contribution in [2.24, 2.45) is 11.0 Å². The number of carbonyl (C=O) groups is 1. The van der Waals surface area contributed by atoms with Gasteiger partial charge in [-0.25, -0.2) is 0 Å². The maximum Gasteiger partial charge on any atom is 0.324 e. The van der Waals surface area contributed by atoms with Crippen LogP contribution in [0.2, 0.25) is 0 Å². The molecule has 0 radical (unpaired) electrons. The second kappa shape index (κ2) is 3.79. The third kappa shape index (κ3) is 3.42. The summed E-state index contributed by atoms with van der Waals surface area (Å²) in [6, 6.07) is -1.10. The highest BCUT2D eigenvalue weighted by Gasteiger charge is 2.10. The van der Waals surface area contributed by atoms with E-state index in [0.29, 0.717) is 0 Å². The van der Waals surface area contributed by atoms with E-state index in [1.165, 1.54) is 0 Å². The van der Waals surface area contributed by atoms with Gasteiger partial charge in [0.25, 0.3) is 0 Å². The first-order valence-corrected chi connectivity index (χ1v) is 2.15. The van der Waals surface area contributed by atoms with Crippen molar-refractivity contribution in [3.8, 4) is 0 Å². The Balaban J connectivity index is 3.37. The van der Waals surface area contributed by atoms with Gasteiger partial charge in [-0.15, -0.1) is 0 Å². The van der Waals surface area contributed by atoms with Crippen molar-refractivity contribution in [3.05, 3.63) is 0 Å². The van der Waals surface area contributed by atoms with Gasteiger partial charge >= 0.3 is 5.97 Å². The van der Waals surface area contributed by atoms with Crippen molar-refractivity contribution in [2.45, 2.75) is 6.04 Å². The molecule has 0 saturated carbocycles. The third-order valence-corrected chi connectivity index (χ3v) is 0.636. The summed E-state index contributed by atoms with van der Waals surface area (Å²) < 4.78 is 0. The van der Waals surface area contributed by atoms with Crippen LogP contribution < -0.4 is 5.73 Å². The van der Waals surface area contributed by atoms with Gasteiger partial charge < -0.3 is 15.7 Å². The molecular weight excluding hydrogens is 126 g/mol. The Hall–Kier alpha value is -1.17. The maximum atomic E-state index is 9.90. The quantitative estimate of drug-likeness (QED) is 0.350. The summed E-state index contributed by atoms with van der Waals surface area (Å²) in [5.41, 5.74) is 11.0. The predicted molar refractivity (Wildman–Crippen MR) is 26.7 cm³/mol. The minimum atomic E-state index is -1.17. The standard InChI is InChI=1S/C3H7N3O3/c4-2(3(7)8)1-9-6-5/h2,5H,1,4H2,(H,7,8). The number of aliphatic carboxylic acids is 1. The molecule has 52 valence electrons. The second-order valence-electron chi connectivity index (χ2n) is 1.33. The number of nitrogens with one attached hydrogen (secondary N) is 1. The fourth-order valence-corrected chi connectivity index (χ4v) is 0.189. The molecule has 0 heterocycles. The Labute approximate surface area is 51.1 Å². The molecular formula is C3H7N3O3. The van der Waals surface area contributed by atoms with Crippen molar-refractivity contribution in [3.63, 3.8) is 0 Å². The van der Waals surface area contributed by atoms with Crippen LogP contribution in [0, 0.1) is 5.53 Å². The van der Waals surface area contributed by atoms with E-state index >= 15 is 0 Å². The summed E-state index contributed by atoms with van der Waals surface area (Å²) in [4.78, 5) is 13.9. The van der Waals surface area contributed by atoms with Crippen molar-refractivity contribution in [1.82, 2.24) is 0 Å². The maximum absolute atomic E-state index is 9.90. The normalized spacial score (nSPS) is 12.1. The predicted octanol–water partition coefficient (Wildman–Crippen LogP) is -0.639. The lowest BCUT2D eigenvalue weighted by Gasteiger charge is -2.00. The molecule has 6 heteroatoms. The van der Waals surface area contributed by atoms with Crippen LogP contribution in [0.15, 0.2) is 5.28 Å². The van der Waals surface area contributed by atoms with E-state index in [4.69, 9.17) is 16.4 Å². The molecule has 0 aliphatic rings. The zero-order valence-corrected chi connectivity index (χ0v) is 4.57. The van der Waals surface area contributed by atoms with Gasteiger partial charge in [0.2, 0.25) is 0 Å². The highest BCUT2D eigenvalue weighted by molar-refractivity contribution is 5.73. The number of hydrogen-bond donors (Lipinski definition) is 3. The van der Waals surface area contributed by atoms with Crippen LogP contribution in [0.25, 0.3) is 0 Å². The Kier molecular flexibility index (Phi) is 3.29. The van der Waals surface area contributed by atoms with Gasteiger partial charge in [0, 0.05) is 5.28 Å². The summed E-state index contributed by atoms with van der Waals surface area (Å²) in [6.45, 7) is -0.265. The summed E-state index contributed by atoms with van der Waals surface area (Å²) >= 11 is 0. The van der Waals surface area contributed by atoms with E-state index in [0.717, 1.165) is 0 Å². The first kappa shape index (κ1) is 7.83. The highest BCUT2D eigenvalue weighted by atomic mass is 16.6. The molecule has 1 unspecified atom stereocenters. The van der Waals surface area contributed by atoms with Gasteiger partial charge in [0.1, 0.15) is 12.6 Å². The van der Waals surface area contributed by atoms with Crippen molar-refractivity contribution < 1.29 is 14.7 Å². The minimum absolute atomic E-state index is 0.265. The topological polar surface area (TPSA) is 109 Å². The molecule has 0 aromatic heterocycles. The Morgan fingerprint density at radius 3 is 2.89 bits per heavy atom. The van der Waals surface area contributed by atoms with Gasteiger partial charge in [-0.1, -0.05) is 0 Å². The van der Waals surface area contributed by atoms with Gasteiger partial charge in [-0.3, -0.25) is 4.79 Å². The van der Waals surface area contributed by atoms with Gasteiger partial charge in [0.05, 0.1) is 0 Å².